The Morgan fingerprint density at radius 3 is 2.52 bits per heavy atom. The van der Waals surface area contributed by atoms with Crippen molar-refractivity contribution in [1.29, 1.82) is 0 Å². The largest absolute Gasteiger partial charge is 0.393 e. The Morgan fingerprint density at radius 2 is 1.81 bits per heavy atom. The van der Waals surface area contributed by atoms with Crippen LogP contribution in [0.2, 0.25) is 0 Å². The molecule has 0 aromatic rings. The summed E-state index contributed by atoms with van der Waals surface area (Å²) in [5.74, 6) is 0.508. The first-order valence-corrected chi connectivity index (χ1v) is 9.15. The van der Waals surface area contributed by atoms with Crippen molar-refractivity contribution in [2.75, 3.05) is 13.1 Å². The van der Waals surface area contributed by atoms with Crippen LogP contribution in [0.25, 0.3) is 0 Å². The standard InChI is InChI=1S/C18H33NO2/c1-18(2)11-10-14(21-18)13-19-12-6-5-8-16(19)15-7-3-4-9-17(15)20/h14-17,20H,3-13H2,1-2H3. The maximum absolute atomic E-state index is 10.4. The number of hydrogen-bond acceptors (Lipinski definition) is 3. The van der Waals surface area contributed by atoms with Crippen LogP contribution in [-0.2, 0) is 4.74 Å². The van der Waals surface area contributed by atoms with Gasteiger partial charge in [0.1, 0.15) is 0 Å². The van der Waals surface area contributed by atoms with E-state index in [0.717, 1.165) is 13.0 Å². The minimum absolute atomic E-state index is 0.0645. The molecule has 3 nitrogen and oxygen atoms in total. The highest BCUT2D eigenvalue weighted by Gasteiger charge is 2.38. The molecular weight excluding hydrogens is 262 g/mol. The quantitative estimate of drug-likeness (QED) is 0.866. The first-order valence-electron chi connectivity index (χ1n) is 9.15. The van der Waals surface area contributed by atoms with E-state index in [-0.39, 0.29) is 11.7 Å². The van der Waals surface area contributed by atoms with Gasteiger partial charge >= 0.3 is 0 Å². The number of hydrogen-bond donors (Lipinski definition) is 1. The van der Waals surface area contributed by atoms with Gasteiger partial charge in [0.05, 0.1) is 17.8 Å². The van der Waals surface area contributed by atoms with Gasteiger partial charge in [-0.1, -0.05) is 19.3 Å². The van der Waals surface area contributed by atoms with Crippen LogP contribution in [0, 0.1) is 5.92 Å². The van der Waals surface area contributed by atoms with E-state index >= 15 is 0 Å². The molecule has 122 valence electrons. The summed E-state index contributed by atoms with van der Waals surface area (Å²) >= 11 is 0. The normalized spacial score (nSPS) is 41.3. The van der Waals surface area contributed by atoms with Gasteiger partial charge in [-0.3, -0.25) is 4.90 Å². The first-order chi connectivity index (χ1) is 10.1. The number of aliphatic hydroxyl groups is 1. The summed E-state index contributed by atoms with van der Waals surface area (Å²) in [7, 11) is 0. The minimum Gasteiger partial charge on any atom is -0.393 e. The minimum atomic E-state index is -0.0645. The van der Waals surface area contributed by atoms with E-state index in [0.29, 0.717) is 18.1 Å². The molecule has 4 unspecified atom stereocenters. The summed E-state index contributed by atoms with van der Waals surface area (Å²) in [4.78, 5) is 2.66. The lowest BCUT2D eigenvalue weighted by molar-refractivity contribution is -0.0561. The van der Waals surface area contributed by atoms with E-state index in [1.54, 1.807) is 0 Å². The number of ether oxygens (including phenoxy) is 1. The second-order valence-electron chi connectivity index (χ2n) is 8.11. The molecule has 1 saturated carbocycles. The highest BCUT2D eigenvalue weighted by molar-refractivity contribution is 4.91. The van der Waals surface area contributed by atoms with Gasteiger partial charge in [0, 0.05) is 18.5 Å². The van der Waals surface area contributed by atoms with Gasteiger partial charge in [-0.2, -0.15) is 0 Å². The van der Waals surface area contributed by atoms with Crippen LogP contribution < -0.4 is 0 Å². The molecule has 1 aliphatic carbocycles. The van der Waals surface area contributed by atoms with Crippen LogP contribution in [0.5, 0.6) is 0 Å². The van der Waals surface area contributed by atoms with Crippen molar-refractivity contribution in [2.24, 2.45) is 5.92 Å². The molecule has 0 radical (unpaired) electrons. The lowest BCUT2D eigenvalue weighted by Gasteiger charge is -2.44. The molecule has 21 heavy (non-hydrogen) atoms. The molecule has 0 aromatic heterocycles. The molecule has 3 rings (SSSR count). The van der Waals surface area contributed by atoms with E-state index < -0.39 is 0 Å². The predicted molar refractivity (Wildman–Crippen MR) is 85.4 cm³/mol. The Labute approximate surface area is 130 Å². The Balaban J connectivity index is 1.61. The zero-order valence-electron chi connectivity index (χ0n) is 13.9. The average molecular weight is 295 g/mol. The Kier molecular flexibility index (Phi) is 4.92. The van der Waals surface area contributed by atoms with Crippen LogP contribution in [-0.4, -0.2) is 46.9 Å². The molecular formula is C18H33NO2. The second kappa shape index (κ2) is 6.55. The van der Waals surface area contributed by atoms with E-state index in [9.17, 15) is 5.11 Å². The fourth-order valence-electron chi connectivity index (χ4n) is 4.78. The first kappa shape index (κ1) is 15.8. The number of piperidine rings is 1. The number of aliphatic hydroxyl groups excluding tert-OH is 1. The van der Waals surface area contributed by atoms with Crippen molar-refractivity contribution in [3.8, 4) is 0 Å². The van der Waals surface area contributed by atoms with Gasteiger partial charge in [0.25, 0.3) is 0 Å². The van der Waals surface area contributed by atoms with Crippen molar-refractivity contribution in [2.45, 2.75) is 95.5 Å². The molecule has 1 N–H and O–H groups in total. The summed E-state index contributed by atoms with van der Waals surface area (Å²) in [5, 5.41) is 10.4. The van der Waals surface area contributed by atoms with Crippen LogP contribution in [0.4, 0.5) is 0 Å². The topological polar surface area (TPSA) is 32.7 Å². The number of nitrogens with zero attached hydrogens (tertiary/aromatic N) is 1. The molecule has 4 atom stereocenters. The Hall–Kier alpha value is -0.120. The summed E-state index contributed by atoms with van der Waals surface area (Å²) in [6, 6.07) is 0.598. The maximum Gasteiger partial charge on any atom is 0.0710 e. The molecule has 2 saturated heterocycles. The zero-order valence-corrected chi connectivity index (χ0v) is 13.9. The molecule has 3 aliphatic rings. The third-order valence-electron chi connectivity index (χ3n) is 5.93. The van der Waals surface area contributed by atoms with Crippen molar-refractivity contribution in [3.05, 3.63) is 0 Å². The number of likely N-dealkylation sites (tertiary alicyclic amines) is 1. The molecule has 2 heterocycles. The van der Waals surface area contributed by atoms with Gasteiger partial charge < -0.3 is 9.84 Å². The summed E-state index contributed by atoms with van der Waals surface area (Å²) in [5.41, 5.74) is 0.0697. The van der Waals surface area contributed by atoms with Gasteiger partial charge in [0.2, 0.25) is 0 Å². The van der Waals surface area contributed by atoms with E-state index in [1.807, 2.05) is 0 Å². The van der Waals surface area contributed by atoms with Crippen molar-refractivity contribution < 1.29 is 9.84 Å². The summed E-state index contributed by atoms with van der Waals surface area (Å²) in [6.07, 6.45) is 11.4. The SMILES string of the molecule is CC1(C)CCC(CN2CCCCC2C2CCCCC2O)O1. The third-order valence-corrected chi connectivity index (χ3v) is 5.93. The molecule has 3 fully saturated rings. The smallest absolute Gasteiger partial charge is 0.0710 e. The van der Waals surface area contributed by atoms with E-state index in [1.165, 1.54) is 57.9 Å². The Morgan fingerprint density at radius 1 is 1.05 bits per heavy atom. The fourth-order valence-corrected chi connectivity index (χ4v) is 4.78. The van der Waals surface area contributed by atoms with Crippen molar-refractivity contribution in [3.63, 3.8) is 0 Å². The summed E-state index contributed by atoms with van der Waals surface area (Å²) < 4.78 is 6.21. The van der Waals surface area contributed by atoms with Gasteiger partial charge in [-0.25, -0.2) is 0 Å². The fraction of sp³-hybridized carbons (Fsp3) is 1.00. The monoisotopic (exact) mass is 295 g/mol. The summed E-state index contributed by atoms with van der Waals surface area (Å²) in [6.45, 7) is 6.71. The van der Waals surface area contributed by atoms with Crippen LogP contribution in [0.1, 0.15) is 71.6 Å². The van der Waals surface area contributed by atoms with Gasteiger partial charge in [0.15, 0.2) is 0 Å². The highest BCUT2D eigenvalue weighted by atomic mass is 16.5. The molecule has 0 bridgehead atoms. The predicted octanol–water partition coefficient (Wildman–Crippen LogP) is 3.35. The average Bonchev–Trinajstić information content (AvgIpc) is 2.79. The second-order valence-corrected chi connectivity index (χ2v) is 8.11. The maximum atomic E-state index is 10.4. The van der Waals surface area contributed by atoms with Crippen LogP contribution in [0.15, 0.2) is 0 Å². The lowest BCUT2D eigenvalue weighted by atomic mass is 9.78. The van der Waals surface area contributed by atoms with Crippen molar-refractivity contribution in [1.82, 2.24) is 4.90 Å². The van der Waals surface area contributed by atoms with Crippen molar-refractivity contribution >= 4 is 0 Å². The molecule has 0 spiro atoms. The van der Waals surface area contributed by atoms with Crippen LogP contribution in [0.3, 0.4) is 0 Å². The molecule has 2 aliphatic heterocycles. The van der Waals surface area contributed by atoms with Crippen LogP contribution >= 0.6 is 0 Å². The third kappa shape index (κ3) is 3.80. The van der Waals surface area contributed by atoms with E-state index in [4.69, 9.17) is 4.74 Å². The number of rotatable bonds is 3. The molecule has 0 aromatic carbocycles. The van der Waals surface area contributed by atoms with E-state index in [2.05, 4.69) is 18.7 Å². The van der Waals surface area contributed by atoms with Gasteiger partial charge in [-0.05, 0) is 58.9 Å². The molecule has 3 heteroatoms. The Bertz CT molecular complexity index is 344. The van der Waals surface area contributed by atoms with Gasteiger partial charge in [-0.15, -0.1) is 0 Å². The highest BCUT2D eigenvalue weighted by Crippen LogP contribution is 2.36. The lowest BCUT2D eigenvalue weighted by Crippen LogP contribution is -2.51. The molecule has 0 amide bonds. The zero-order chi connectivity index (χ0) is 14.9.